The first-order valence-electron chi connectivity index (χ1n) is 6.81. The summed E-state index contributed by atoms with van der Waals surface area (Å²) in [6.45, 7) is 6.33. The Bertz CT molecular complexity index is 637. The highest BCUT2D eigenvalue weighted by molar-refractivity contribution is 6.04. The Morgan fingerprint density at radius 1 is 1.23 bits per heavy atom. The summed E-state index contributed by atoms with van der Waals surface area (Å²) in [6.07, 6.45) is 3.19. The summed E-state index contributed by atoms with van der Waals surface area (Å²) in [5.41, 5.74) is 2.26. The van der Waals surface area contributed by atoms with Gasteiger partial charge in [0.2, 0.25) is 0 Å². The quantitative estimate of drug-likeness (QED) is 0.927. The van der Waals surface area contributed by atoms with Gasteiger partial charge in [0, 0.05) is 23.6 Å². The van der Waals surface area contributed by atoms with Crippen LogP contribution in [0, 0.1) is 0 Å². The summed E-state index contributed by atoms with van der Waals surface area (Å²) in [6, 6.07) is 9.13. The van der Waals surface area contributed by atoms with E-state index in [1.807, 2.05) is 18.2 Å². The van der Waals surface area contributed by atoms with E-state index in [2.05, 4.69) is 31.1 Å². The molecule has 0 saturated heterocycles. The minimum atomic E-state index is -0.173. The van der Waals surface area contributed by atoms with Crippen molar-refractivity contribution in [2.45, 2.75) is 26.2 Å². The fourth-order valence-electron chi connectivity index (χ4n) is 2.07. The second kappa shape index (κ2) is 7.27. The highest BCUT2D eigenvalue weighted by atomic mass is 35.5. The molecule has 0 bridgehead atoms. The van der Waals surface area contributed by atoms with Crippen molar-refractivity contribution in [1.29, 1.82) is 0 Å². The van der Waals surface area contributed by atoms with E-state index in [1.54, 1.807) is 31.6 Å². The second-order valence-electron chi connectivity index (χ2n) is 5.86. The van der Waals surface area contributed by atoms with Crippen molar-refractivity contribution in [3.8, 4) is 5.75 Å². The summed E-state index contributed by atoms with van der Waals surface area (Å²) in [5, 5.41) is 2.89. The third kappa shape index (κ3) is 4.21. The van der Waals surface area contributed by atoms with Gasteiger partial charge >= 0.3 is 0 Å². The van der Waals surface area contributed by atoms with E-state index in [4.69, 9.17) is 4.74 Å². The van der Waals surface area contributed by atoms with Gasteiger partial charge in [-0.05, 0) is 35.7 Å². The molecule has 0 aliphatic heterocycles. The molecule has 1 aromatic heterocycles. The molecular weight excluding hydrogens is 300 g/mol. The first-order chi connectivity index (χ1) is 9.91. The molecule has 0 spiro atoms. The largest absolute Gasteiger partial charge is 0.496 e. The van der Waals surface area contributed by atoms with Gasteiger partial charge in [-0.25, -0.2) is 0 Å². The molecule has 1 aromatic carbocycles. The average Bonchev–Trinajstić information content (AvgIpc) is 2.47. The number of amides is 1. The molecule has 0 radical (unpaired) electrons. The number of aromatic nitrogens is 1. The third-order valence-electron chi connectivity index (χ3n) is 3.19. The number of nitrogens with zero attached hydrogens (tertiary/aromatic N) is 1. The fourth-order valence-corrected chi connectivity index (χ4v) is 2.07. The molecule has 1 heterocycles. The summed E-state index contributed by atoms with van der Waals surface area (Å²) >= 11 is 0. The number of pyridine rings is 1. The topological polar surface area (TPSA) is 51.2 Å². The van der Waals surface area contributed by atoms with Crippen LogP contribution in [0.2, 0.25) is 0 Å². The second-order valence-corrected chi connectivity index (χ2v) is 5.86. The van der Waals surface area contributed by atoms with Crippen LogP contribution in [0.4, 0.5) is 5.69 Å². The van der Waals surface area contributed by atoms with Gasteiger partial charge in [0.05, 0.1) is 12.7 Å². The standard InChI is InChI=1S/C17H20N2O2.ClH/c1-17(2,3)14-10-13(7-8-15(14)21-4)19-16(20)12-6-5-9-18-11-12;/h5-11H,1-4H3,(H,19,20);1H. The normalized spacial score (nSPS) is 10.5. The van der Waals surface area contributed by atoms with E-state index in [-0.39, 0.29) is 23.7 Å². The van der Waals surface area contributed by atoms with Crippen LogP contribution in [-0.2, 0) is 5.41 Å². The van der Waals surface area contributed by atoms with Crippen LogP contribution in [0.3, 0.4) is 0 Å². The molecule has 5 heteroatoms. The molecule has 0 atom stereocenters. The molecule has 2 aromatic rings. The molecular formula is C17H21ClN2O2. The van der Waals surface area contributed by atoms with Crippen LogP contribution >= 0.6 is 12.4 Å². The Hall–Kier alpha value is -2.07. The lowest BCUT2D eigenvalue weighted by atomic mass is 9.86. The molecule has 0 aliphatic rings. The fraction of sp³-hybridized carbons (Fsp3) is 0.294. The van der Waals surface area contributed by atoms with Crippen LogP contribution in [-0.4, -0.2) is 18.0 Å². The predicted molar refractivity (Wildman–Crippen MR) is 91.1 cm³/mol. The summed E-state index contributed by atoms with van der Waals surface area (Å²) < 4.78 is 5.39. The lowest BCUT2D eigenvalue weighted by Gasteiger charge is -2.23. The van der Waals surface area contributed by atoms with Crippen molar-refractivity contribution in [3.63, 3.8) is 0 Å². The molecule has 4 nitrogen and oxygen atoms in total. The number of halogens is 1. The molecule has 2 rings (SSSR count). The number of benzene rings is 1. The van der Waals surface area contributed by atoms with Gasteiger partial charge in [0.1, 0.15) is 5.75 Å². The Kier molecular flexibility index (Phi) is 5.94. The van der Waals surface area contributed by atoms with Gasteiger partial charge < -0.3 is 10.1 Å². The van der Waals surface area contributed by atoms with Crippen LogP contribution < -0.4 is 10.1 Å². The number of hydrogen-bond donors (Lipinski definition) is 1. The summed E-state index contributed by atoms with van der Waals surface area (Å²) in [7, 11) is 1.65. The molecule has 1 amide bonds. The molecule has 0 unspecified atom stereocenters. The SMILES string of the molecule is COc1ccc(NC(=O)c2cccnc2)cc1C(C)(C)C.Cl. The zero-order chi connectivity index (χ0) is 15.5. The van der Waals surface area contributed by atoms with Crippen LogP contribution in [0.25, 0.3) is 0 Å². The van der Waals surface area contributed by atoms with Crippen molar-refractivity contribution in [1.82, 2.24) is 4.98 Å². The third-order valence-corrected chi connectivity index (χ3v) is 3.19. The Morgan fingerprint density at radius 3 is 2.50 bits per heavy atom. The van der Waals surface area contributed by atoms with E-state index in [0.29, 0.717) is 5.56 Å². The summed E-state index contributed by atoms with van der Waals surface area (Å²) in [5.74, 6) is 0.648. The number of methoxy groups -OCH3 is 1. The number of hydrogen-bond acceptors (Lipinski definition) is 3. The smallest absolute Gasteiger partial charge is 0.257 e. The van der Waals surface area contributed by atoms with E-state index in [1.165, 1.54) is 0 Å². The highest BCUT2D eigenvalue weighted by Gasteiger charge is 2.19. The maximum Gasteiger partial charge on any atom is 0.257 e. The predicted octanol–water partition coefficient (Wildman–Crippen LogP) is 4.06. The van der Waals surface area contributed by atoms with Crippen molar-refractivity contribution in [2.75, 3.05) is 12.4 Å². The first kappa shape index (κ1) is 18.0. The minimum absolute atomic E-state index is 0. The lowest BCUT2D eigenvalue weighted by molar-refractivity contribution is 0.102. The average molecular weight is 321 g/mol. The summed E-state index contributed by atoms with van der Waals surface area (Å²) in [4.78, 5) is 16.1. The molecule has 0 fully saturated rings. The highest BCUT2D eigenvalue weighted by Crippen LogP contribution is 2.33. The van der Waals surface area contributed by atoms with Crippen molar-refractivity contribution >= 4 is 24.0 Å². The number of nitrogens with one attached hydrogen (secondary N) is 1. The van der Waals surface area contributed by atoms with Crippen LogP contribution in [0.1, 0.15) is 36.7 Å². The van der Waals surface area contributed by atoms with Crippen LogP contribution in [0.5, 0.6) is 5.75 Å². The number of anilines is 1. The molecule has 22 heavy (non-hydrogen) atoms. The van der Waals surface area contributed by atoms with E-state index < -0.39 is 0 Å². The zero-order valence-corrected chi connectivity index (χ0v) is 14.0. The van der Waals surface area contributed by atoms with E-state index in [0.717, 1.165) is 17.0 Å². The molecule has 1 N–H and O–H groups in total. The van der Waals surface area contributed by atoms with Gasteiger partial charge in [0.25, 0.3) is 5.91 Å². The van der Waals surface area contributed by atoms with Crippen LogP contribution in [0.15, 0.2) is 42.7 Å². The van der Waals surface area contributed by atoms with Gasteiger partial charge in [-0.15, -0.1) is 12.4 Å². The Morgan fingerprint density at radius 2 is 1.95 bits per heavy atom. The first-order valence-corrected chi connectivity index (χ1v) is 6.81. The monoisotopic (exact) mass is 320 g/mol. The minimum Gasteiger partial charge on any atom is -0.496 e. The number of ether oxygens (including phenoxy) is 1. The van der Waals surface area contributed by atoms with Crippen molar-refractivity contribution in [2.24, 2.45) is 0 Å². The van der Waals surface area contributed by atoms with E-state index in [9.17, 15) is 4.79 Å². The van der Waals surface area contributed by atoms with Crippen molar-refractivity contribution in [3.05, 3.63) is 53.9 Å². The van der Waals surface area contributed by atoms with Gasteiger partial charge in [0.15, 0.2) is 0 Å². The van der Waals surface area contributed by atoms with Gasteiger partial charge in [-0.1, -0.05) is 20.8 Å². The van der Waals surface area contributed by atoms with Crippen molar-refractivity contribution < 1.29 is 9.53 Å². The van der Waals surface area contributed by atoms with E-state index >= 15 is 0 Å². The molecule has 0 aliphatic carbocycles. The van der Waals surface area contributed by atoms with Gasteiger partial charge in [-0.3, -0.25) is 9.78 Å². The maximum absolute atomic E-state index is 12.1. The Balaban J connectivity index is 0.00000242. The zero-order valence-electron chi connectivity index (χ0n) is 13.2. The Labute approximate surface area is 137 Å². The maximum atomic E-state index is 12.1. The molecule has 118 valence electrons. The number of rotatable bonds is 3. The number of carbonyl (C=O) groups is 1. The lowest BCUT2D eigenvalue weighted by Crippen LogP contribution is -2.16. The molecule has 0 saturated carbocycles. The van der Waals surface area contributed by atoms with Gasteiger partial charge in [-0.2, -0.15) is 0 Å². The number of carbonyl (C=O) groups excluding carboxylic acids is 1.